The van der Waals surface area contributed by atoms with Crippen molar-refractivity contribution in [2.75, 3.05) is 6.61 Å². The topological polar surface area (TPSA) is 58.6 Å². The quantitative estimate of drug-likeness (QED) is 0.589. The Balaban J connectivity index is 2.18. The second-order valence-electron chi connectivity index (χ2n) is 6.99. The molecule has 2 rings (SSSR count). The zero-order chi connectivity index (χ0) is 22.3. The Morgan fingerprint density at radius 1 is 1.13 bits per heavy atom. The molecule has 1 N–H and O–H groups in total. The van der Waals surface area contributed by atoms with E-state index >= 15 is 0 Å². The van der Waals surface area contributed by atoms with Crippen molar-refractivity contribution >= 4 is 35.0 Å². The number of halogens is 3. The van der Waals surface area contributed by atoms with Gasteiger partial charge in [-0.3, -0.25) is 9.59 Å². The molecule has 0 saturated carbocycles. The van der Waals surface area contributed by atoms with Crippen molar-refractivity contribution in [1.82, 2.24) is 10.2 Å². The van der Waals surface area contributed by atoms with Crippen molar-refractivity contribution in [3.05, 3.63) is 63.9 Å². The van der Waals surface area contributed by atoms with Crippen LogP contribution in [0.5, 0.6) is 5.75 Å². The standard InChI is InChI=1S/C22H25Cl2FN2O3/c1-4-14(2)26-22(29)15(3)27(12-16-5-6-17(23)11-20(16)24)21(28)13-30-19-9-7-18(25)8-10-19/h5-11,14-15H,4,12-13H2,1-3H3,(H,26,29)/t14-,15+/m0/s1. The van der Waals surface area contributed by atoms with Gasteiger partial charge in [0.15, 0.2) is 6.61 Å². The van der Waals surface area contributed by atoms with Crippen LogP contribution in [0.4, 0.5) is 4.39 Å². The highest BCUT2D eigenvalue weighted by molar-refractivity contribution is 6.35. The molecule has 0 aromatic heterocycles. The lowest BCUT2D eigenvalue weighted by molar-refractivity contribution is -0.142. The third kappa shape index (κ3) is 6.89. The van der Waals surface area contributed by atoms with Crippen LogP contribution < -0.4 is 10.1 Å². The fourth-order valence-electron chi connectivity index (χ4n) is 2.64. The molecule has 0 unspecified atom stereocenters. The molecule has 0 radical (unpaired) electrons. The zero-order valence-electron chi connectivity index (χ0n) is 17.1. The number of nitrogens with zero attached hydrogens (tertiary/aromatic N) is 1. The Labute approximate surface area is 186 Å². The average molecular weight is 455 g/mol. The van der Waals surface area contributed by atoms with Crippen LogP contribution in [0.2, 0.25) is 10.0 Å². The molecule has 0 aliphatic heterocycles. The van der Waals surface area contributed by atoms with E-state index in [0.717, 1.165) is 6.42 Å². The van der Waals surface area contributed by atoms with Crippen molar-refractivity contribution in [2.45, 2.75) is 45.8 Å². The molecule has 0 heterocycles. The Bertz CT molecular complexity index is 877. The van der Waals surface area contributed by atoms with Crippen molar-refractivity contribution in [1.29, 1.82) is 0 Å². The van der Waals surface area contributed by atoms with Gasteiger partial charge in [-0.25, -0.2) is 4.39 Å². The summed E-state index contributed by atoms with van der Waals surface area (Å²) < 4.78 is 18.5. The van der Waals surface area contributed by atoms with Gasteiger partial charge in [-0.05, 0) is 62.2 Å². The molecule has 0 spiro atoms. The van der Waals surface area contributed by atoms with Crippen LogP contribution in [0, 0.1) is 5.82 Å². The number of hydrogen-bond acceptors (Lipinski definition) is 3. The van der Waals surface area contributed by atoms with Gasteiger partial charge in [0.05, 0.1) is 0 Å². The van der Waals surface area contributed by atoms with Gasteiger partial charge in [-0.15, -0.1) is 0 Å². The number of amides is 2. The van der Waals surface area contributed by atoms with Gasteiger partial charge in [0.25, 0.3) is 5.91 Å². The normalized spacial score (nSPS) is 12.7. The first-order chi connectivity index (χ1) is 14.2. The molecule has 0 saturated heterocycles. The summed E-state index contributed by atoms with van der Waals surface area (Å²) in [5, 5.41) is 3.76. The van der Waals surface area contributed by atoms with Gasteiger partial charge < -0.3 is 15.0 Å². The van der Waals surface area contributed by atoms with Gasteiger partial charge in [0.2, 0.25) is 5.91 Å². The maximum Gasteiger partial charge on any atom is 0.261 e. The van der Waals surface area contributed by atoms with E-state index in [-0.39, 0.29) is 25.1 Å². The number of nitrogens with one attached hydrogen (secondary N) is 1. The van der Waals surface area contributed by atoms with E-state index in [1.165, 1.54) is 29.2 Å². The minimum atomic E-state index is -0.755. The van der Waals surface area contributed by atoms with Crippen LogP contribution in [-0.2, 0) is 16.1 Å². The summed E-state index contributed by atoms with van der Waals surface area (Å²) in [6.07, 6.45) is 0.767. The van der Waals surface area contributed by atoms with Crippen LogP contribution in [0.1, 0.15) is 32.8 Å². The van der Waals surface area contributed by atoms with E-state index in [9.17, 15) is 14.0 Å². The highest BCUT2D eigenvalue weighted by atomic mass is 35.5. The molecule has 0 aliphatic carbocycles. The van der Waals surface area contributed by atoms with Crippen LogP contribution in [0.15, 0.2) is 42.5 Å². The second-order valence-corrected chi connectivity index (χ2v) is 7.84. The molecule has 162 valence electrons. The molecule has 8 heteroatoms. The highest BCUT2D eigenvalue weighted by Gasteiger charge is 2.27. The fraction of sp³-hybridized carbons (Fsp3) is 0.364. The van der Waals surface area contributed by atoms with Gasteiger partial charge in [-0.2, -0.15) is 0 Å². The van der Waals surface area contributed by atoms with E-state index in [2.05, 4.69) is 5.32 Å². The maximum absolute atomic E-state index is 13.1. The minimum absolute atomic E-state index is 0.0218. The number of carbonyl (C=O) groups excluding carboxylic acids is 2. The van der Waals surface area contributed by atoms with Crippen LogP contribution in [0.3, 0.4) is 0 Å². The van der Waals surface area contributed by atoms with Gasteiger partial charge >= 0.3 is 0 Å². The molecule has 2 amide bonds. The van der Waals surface area contributed by atoms with Crippen LogP contribution >= 0.6 is 23.2 Å². The minimum Gasteiger partial charge on any atom is -0.484 e. The lowest BCUT2D eigenvalue weighted by atomic mass is 10.1. The van der Waals surface area contributed by atoms with E-state index in [1.807, 2.05) is 13.8 Å². The first-order valence-corrected chi connectivity index (χ1v) is 10.4. The lowest BCUT2D eigenvalue weighted by Gasteiger charge is -2.30. The van der Waals surface area contributed by atoms with Crippen molar-refractivity contribution in [3.63, 3.8) is 0 Å². The largest absolute Gasteiger partial charge is 0.484 e. The molecule has 0 bridgehead atoms. The Morgan fingerprint density at radius 2 is 1.80 bits per heavy atom. The lowest BCUT2D eigenvalue weighted by Crippen LogP contribution is -2.50. The Morgan fingerprint density at radius 3 is 2.40 bits per heavy atom. The SMILES string of the molecule is CC[C@H](C)NC(=O)[C@@H](C)N(Cc1ccc(Cl)cc1Cl)C(=O)COc1ccc(F)cc1. The number of hydrogen-bond donors (Lipinski definition) is 1. The summed E-state index contributed by atoms with van der Waals surface area (Å²) in [5.41, 5.74) is 0.652. The monoisotopic (exact) mass is 454 g/mol. The van der Waals surface area contributed by atoms with Gasteiger partial charge in [-0.1, -0.05) is 36.2 Å². The van der Waals surface area contributed by atoms with Crippen LogP contribution in [0.25, 0.3) is 0 Å². The number of carbonyl (C=O) groups is 2. The summed E-state index contributed by atoms with van der Waals surface area (Å²) in [7, 11) is 0. The molecule has 5 nitrogen and oxygen atoms in total. The summed E-state index contributed by atoms with van der Waals surface area (Å²) in [4.78, 5) is 27.0. The number of rotatable bonds is 9. The van der Waals surface area contributed by atoms with E-state index in [4.69, 9.17) is 27.9 Å². The third-order valence-electron chi connectivity index (χ3n) is 4.70. The first kappa shape index (κ1) is 24.0. The molecule has 0 aliphatic rings. The summed E-state index contributed by atoms with van der Waals surface area (Å²) >= 11 is 12.2. The second kappa shape index (κ2) is 11.2. The zero-order valence-corrected chi connectivity index (χ0v) is 18.6. The van der Waals surface area contributed by atoms with Crippen LogP contribution in [-0.4, -0.2) is 35.4 Å². The van der Waals surface area contributed by atoms with E-state index in [0.29, 0.717) is 21.4 Å². The highest BCUT2D eigenvalue weighted by Crippen LogP contribution is 2.23. The smallest absolute Gasteiger partial charge is 0.261 e. The summed E-state index contributed by atoms with van der Waals surface area (Å²) in [6, 6.07) is 9.54. The first-order valence-electron chi connectivity index (χ1n) is 9.63. The summed E-state index contributed by atoms with van der Waals surface area (Å²) in [6.45, 7) is 5.30. The molecular formula is C22H25Cl2FN2O3. The Hall–Kier alpha value is -2.31. The predicted molar refractivity (Wildman–Crippen MR) is 116 cm³/mol. The maximum atomic E-state index is 13.1. The van der Waals surface area contributed by atoms with Crippen molar-refractivity contribution in [2.24, 2.45) is 0 Å². The van der Waals surface area contributed by atoms with Gasteiger partial charge in [0, 0.05) is 22.6 Å². The summed E-state index contributed by atoms with van der Waals surface area (Å²) in [5.74, 6) is -0.726. The van der Waals surface area contributed by atoms with Crippen molar-refractivity contribution in [3.8, 4) is 5.75 Å². The molecule has 2 aromatic carbocycles. The molecule has 2 aromatic rings. The Kier molecular flexibility index (Phi) is 8.93. The van der Waals surface area contributed by atoms with E-state index in [1.54, 1.807) is 25.1 Å². The molecule has 0 fully saturated rings. The van der Waals surface area contributed by atoms with E-state index < -0.39 is 17.8 Å². The molecule has 30 heavy (non-hydrogen) atoms. The fourth-order valence-corrected chi connectivity index (χ4v) is 3.11. The number of ether oxygens (including phenoxy) is 1. The third-order valence-corrected chi connectivity index (χ3v) is 5.29. The molecular weight excluding hydrogens is 430 g/mol. The average Bonchev–Trinajstić information content (AvgIpc) is 2.72. The van der Waals surface area contributed by atoms with Gasteiger partial charge in [0.1, 0.15) is 17.6 Å². The predicted octanol–water partition coefficient (Wildman–Crippen LogP) is 4.84. The van der Waals surface area contributed by atoms with Crippen molar-refractivity contribution < 1.29 is 18.7 Å². The number of benzene rings is 2. The molecule has 2 atom stereocenters.